The van der Waals surface area contributed by atoms with Crippen molar-refractivity contribution in [2.24, 2.45) is 0 Å². The second-order valence-corrected chi connectivity index (χ2v) is 5.65. The van der Waals surface area contributed by atoms with E-state index in [-0.39, 0.29) is 6.04 Å². The van der Waals surface area contributed by atoms with E-state index in [1.165, 1.54) is 0 Å². The Morgan fingerprint density at radius 3 is 2.76 bits per heavy atom. The lowest BCUT2D eigenvalue weighted by molar-refractivity contribution is 0.895. The summed E-state index contributed by atoms with van der Waals surface area (Å²) in [7, 11) is 0. The Kier molecular flexibility index (Phi) is 3.54. The van der Waals surface area contributed by atoms with Crippen LogP contribution in [0.2, 0.25) is 4.34 Å². The standard InChI is InChI=1S/C12H14ClN3S/c1-7-3-4-9(14)12(15-7)16-8(2)10-5-6-11(13)17-10/h3-6,8H,14H2,1-2H3,(H,15,16). The van der Waals surface area contributed by atoms with Crippen molar-refractivity contribution < 1.29 is 0 Å². The van der Waals surface area contributed by atoms with Crippen LogP contribution >= 0.6 is 22.9 Å². The molecule has 5 heteroatoms. The smallest absolute Gasteiger partial charge is 0.149 e. The van der Waals surface area contributed by atoms with Gasteiger partial charge < -0.3 is 11.1 Å². The van der Waals surface area contributed by atoms with E-state index < -0.39 is 0 Å². The van der Waals surface area contributed by atoms with Gasteiger partial charge in [-0.05, 0) is 38.1 Å². The number of pyridine rings is 1. The van der Waals surface area contributed by atoms with E-state index in [0.29, 0.717) is 5.69 Å². The number of halogens is 1. The van der Waals surface area contributed by atoms with Crippen LogP contribution in [-0.4, -0.2) is 4.98 Å². The Hall–Kier alpha value is -1.26. The van der Waals surface area contributed by atoms with Gasteiger partial charge in [0.2, 0.25) is 0 Å². The summed E-state index contributed by atoms with van der Waals surface area (Å²) in [5.74, 6) is 0.724. The molecule has 0 amide bonds. The predicted octanol–water partition coefficient (Wildman–Crippen LogP) is 3.86. The third-order valence-corrected chi connectivity index (χ3v) is 3.85. The van der Waals surface area contributed by atoms with E-state index in [2.05, 4.69) is 17.2 Å². The van der Waals surface area contributed by atoms with Gasteiger partial charge in [0.1, 0.15) is 5.82 Å². The molecule has 0 aliphatic heterocycles. The number of aromatic nitrogens is 1. The number of hydrogen-bond acceptors (Lipinski definition) is 4. The van der Waals surface area contributed by atoms with Gasteiger partial charge >= 0.3 is 0 Å². The zero-order valence-electron chi connectivity index (χ0n) is 9.70. The molecule has 0 radical (unpaired) electrons. The summed E-state index contributed by atoms with van der Waals surface area (Å²) in [4.78, 5) is 5.55. The van der Waals surface area contributed by atoms with Gasteiger partial charge in [-0.1, -0.05) is 11.6 Å². The Morgan fingerprint density at radius 2 is 2.12 bits per heavy atom. The first-order valence-electron chi connectivity index (χ1n) is 5.31. The zero-order chi connectivity index (χ0) is 12.4. The number of nitrogens with zero attached hydrogens (tertiary/aromatic N) is 1. The second kappa shape index (κ2) is 4.94. The molecule has 0 aromatic carbocycles. The summed E-state index contributed by atoms with van der Waals surface area (Å²) < 4.78 is 0.791. The Bertz CT molecular complexity index is 524. The molecule has 17 heavy (non-hydrogen) atoms. The second-order valence-electron chi connectivity index (χ2n) is 3.90. The van der Waals surface area contributed by atoms with Crippen LogP contribution in [0.5, 0.6) is 0 Å². The number of aryl methyl sites for hydroxylation is 1. The fraction of sp³-hybridized carbons (Fsp3) is 0.250. The normalized spacial score (nSPS) is 12.4. The molecule has 0 aliphatic carbocycles. The molecule has 0 aliphatic rings. The lowest BCUT2D eigenvalue weighted by Crippen LogP contribution is -2.09. The highest BCUT2D eigenvalue weighted by Crippen LogP contribution is 2.29. The lowest BCUT2D eigenvalue weighted by atomic mass is 10.2. The zero-order valence-corrected chi connectivity index (χ0v) is 11.3. The van der Waals surface area contributed by atoms with Crippen LogP contribution in [-0.2, 0) is 0 Å². The van der Waals surface area contributed by atoms with Gasteiger partial charge in [-0.3, -0.25) is 0 Å². The molecule has 2 rings (SSSR count). The predicted molar refractivity (Wildman–Crippen MR) is 74.8 cm³/mol. The quantitative estimate of drug-likeness (QED) is 0.888. The number of thiophene rings is 1. The van der Waals surface area contributed by atoms with Crippen molar-refractivity contribution in [2.45, 2.75) is 19.9 Å². The van der Waals surface area contributed by atoms with E-state index in [1.807, 2.05) is 31.2 Å². The molecular formula is C12H14ClN3S. The molecule has 2 aromatic rings. The Morgan fingerprint density at radius 1 is 1.35 bits per heavy atom. The minimum absolute atomic E-state index is 0.143. The molecule has 1 unspecified atom stereocenters. The van der Waals surface area contributed by atoms with E-state index in [1.54, 1.807) is 11.3 Å². The van der Waals surface area contributed by atoms with E-state index in [4.69, 9.17) is 17.3 Å². The van der Waals surface area contributed by atoms with Crippen LogP contribution in [0.4, 0.5) is 11.5 Å². The highest BCUT2D eigenvalue weighted by atomic mass is 35.5. The molecule has 3 nitrogen and oxygen atoms in total. The third-order valence-electron chi connectivity index (χ3n) is 2.44. The first-order chi connectivity index (χ1) is 8.06. The number of nitrogens with one attached hydrogen (secondary N) is 1. The van der Waals surface area contributed by atoms with E-state index in [9.17, 15) is 0 Å². The number of nitrogen functional groups attached to an aromatic ring is 1. The van der Waals surface area contributed by atoms with Gasteiger partial charge in [0.15, 0.2) is 0 Å². The highest BCUT2D eigenvalue weighted by Gasteiger charge is 2.10. The fourth-order valence-corrected chi connectivity index (χ4v) is 2.58. The molecule has 1 atom stereocenters. The van der Waals surface area contributed by atoms with Crippen molar-refractivity contribution in [1.82, 2.24) is 4.98 Å². The monoisotopic (exact) mass is 267 g/mol. The maximum Gasteiger partial charge on any atom is 0.149 e. The van der Waals surface area contributed by atoms with Crippen LogP contribution in [0.1, 0.15) is 23.5 Å². The maximum absolute atomic E-state index is 5.91. The van der Waals surface area contributed by atoms with E-state index in [0.717, 1.165) is 20.7 Å². The molecule has 0 saturated heterocycles. The number of hydrogen-bond donors (Lipinski definition) is 2. The molecule has 2 aromatic heterocycles. The summed E-state index contributed by atoms with van der Waals surface area (Å²) in [6.45, 7) is 4.00. The highest BCUT2D eigenvalue weighted by molar-refractivity contribution is 7.16. The van der Waals surface area contributed by atoms with Crippen LogP contribution in [0.3, 0.4) is 0 Å². The first kappa shape index (κ1) is 12.2. The SMILES string of the molecule is Cc1ccc(N)c(NC(C)c2ccc(Cl)s2)n1. The number of rotatable bonds is 3. The van der Waals surface area contributed by atoms with Crippen molar-refractivity contribution in [3.05, 3.63) is 39.2 Å². The van der Waals surface area contributed by atoms with Crippen LogP contribution in [0.15, 0.2) is 24.3 Å². The van der Waals surface area contributed by atoms with Gasteiger partial charge in [-0.2, -0.15) is 0 Å². The van der Waals surface area contributed by atoms with Gasteiger partial charge in [-0.25, -0.2) is 4.98 Å². The molecule has 0 saturated carbocycles. The molecular weight excluding hydrogens is 254 g/mol. The summed E-state index contributed by atoms with van der Waals surface area (Å²) in [6, 6.07) is 7.80. The van der Waals surface area contributed by atoms with Crippen molar-refractivity contribution in [2.75, 3.05) is 11.1 Å². The Labute approximate surface area is 110 Å². The largest absolute Gasteiger partial charge is 0.396 e. The lowest BCUT2D eigenvalue weighted by Gasteiger charge is -2.14. The summed E-state index contributed by atoms with van der Waals surface area (Å²) in [5, 5.41) is 3.30. The molecule has 0 spiro atoms. The van der Waals surface area contributed by atoms with Crippen LogP contribution in [0, 0.1) is 6.92 Å². The molecule has 2 heterocycles. The van der Waals surface area contributed by atoms with Crippen molar-refractivity contribution in [1.29, 1.82) is 0 Å². The first-order valence-corrected chi connectivity index (χ1v) is 6.50. The average molecular weight is 268 g/mol. The van der Waals surface area contributed by atoms with Gasteiger partial charge in [-0.15, -0.1) is 11.3 Å². The third kappa shape index (κ3) is 2.90. The number of nitrogens with two attached hydrogens (primary N) is 1. The van der Waals surface area contributed by atoms with Gasteiger partial charge in [0, 0.05) is 10.6 Å². The molecule has 0 fully saturated rings. The molecule has 3 N–H and O–H groups in total. The minimum atomic E-state index is 0.143. The summed E-state index contributed by atoms with van der Waals surface area (Å²) >= 11 is 7.47. The van der Waals surface area contributed by atoms with Gasteiger partial charge in [0.25, 0.3) is 0 Å². The topological polar surface area (TPSA) is 50.9 Å². The minimum Gasteiger partial charge on any atom is -0.396 e. The van der Waals surface area contributed by atoms with Crippen LogP contribution < -0.4 is 11.1 Å². The fourth-order valence-electron chi connectivity index (χ4n) is 1.52. The van der Waals surface area contributed by atoms with E-state index >= 15 is 0 Å². The van der Waals surface area contributed by atoms with Crippen LogP contribution in [0.25, 0.3) is 0 Å². The number of anilines is 2. The summed E-state index contributed by atoms with van der Waals surface area (Å²) in [6.07, 6.45) is 0. The van der Waals surface area contributed by atoms with Crippen molar-refractivity contribution >= 4 is 34.4 Å². The van der Waals surface area contributed by atoms with Crippen molar-refractivity contribution in [3.63, 3.8) is 0 Å². The maximum atomic E-state index is 5.91. The van der Waals surface area contributed by atoms with Crippen molar-refractivity contribution in [3.8, 4) is 0 Å². The Balaban J connectivity index is 2.18. The molecule has 0 bridgehead atoms. The average Bonchev–Trinajstić information content (AvgIpc) is 2.70. The summed E-state index contributed by atoms with van der Waals surface area (Å²) in [5.41, 5.74) is 7.47. The molecule has 90 valence electrons. The van der Waals surface area contributed by atoms with Gasteiger partial charge in [0.05, 0.1) is 16.1 Å².